The first kappa shape index (κ1) is 12.4. The molecule has 0 fully saturated rings. The monoisotopic (exact) mass is 248 g/mol. The number of benzene rings is 1. The van der Waals surface area contributed by atoms with E-state index in [1.54, 1.807) is 12.1 Å². The van der Waals surface area contributed by atoms with Crippen LogP contribution in [0.4, 0.5) is 0 Å². The van der Waals surface area contributed by atoms with Gasteiger partial charge in [0.2, 0.25) is 0 Å². The summed E-state index contributed by atoms with van der Waals surface area (Å²) in [5.74, 6) is 0.198. The fourth-order valence-electron chi connectivity index (χ4n) is 1.93. The highest BCUT2D eigenvalue weighted by molar-refractivity contribution is 5.39. The van der Waals surface area contributed by atoms with Gasteiger partial charge in [0.05, 0.1) is 17.9 Å². The van der Waals surface area contributed by atoms with Crippen LogP contribution in [0.25, 0.3) is 5.69 Å². The highest BCUT2D eigenvalue weighted by Crippen LogP contribution is 2.18. The van der Waals surface area contributed by atoms with Crippen LogP contribution in [0.15, 0.2) is 29.1 Å². The first-order chi connectivity index (χ1) is 8.54. The molecule has 5 heteroatoms. The van der Waals surface area contributed by atoms with Crippen molar-refractivity contribution >= 4 is 0 Å². The molecule has 0 atom stereocenters. The Labute approximate surface area is 104 Å². The molecule has 0 aliphatic heterocycles. The van der Waals surface area contributed by atoms with Crippen molar-refractivity contribution in [1.29, 1.82) is 0 Å². The molecule has 0 aliphatic rings. The molecular formula is C13H16N2O3. The molecule has 0 saturated carbocycles. The average Bonchev–Trinajstić information content (AvgIpc) is 2.66. The Morgan fingerprint density at radius 1 is 1.39 bits per heavy atom. The minimum atomic E-state index is -0.297. The van der Waals surface area contributed by atoms with Crippen molar-refractivity contribution in [1.82, 2.24) is 9.78 Å². The SMILES string of the molecule is CC(C)c1[nH]n(-c2cccc(O)c2)c(=O)c1CO. The number of phenols is 1. The summed E-state index contributed by atoms with van der Waals surface area (Å²) in [5.41, 5.74) is 1.34. The number of H-pyrrole nitrogens is 1. The first-order valence-electron chi connectivity index (χ1n) is 5.78. The zero-order chi connectivity index (χ0) is 13.3. The van der Waals surface area contributed by atoms with Crippen molar-refractivity contribution in [3.63, 3.8) is 0 Å². The second kappa shape index (κ2) is 4.70. The highest BCUT2D eigenvalue weighted by Gasteiger charge is 2.16. The van der Waals surface area contributed by atoms with Crippen LogP contribution < -0.4 is 5.56 Å². The number of aliphatic hydroxyl groups excluding tert-OH is 1. The number of rotatable bonds is 3. The van der Waals surface area contributed by atoms with Crippen LogP contribution in [0, 0.1) is 0 Å². The van der Waals surface area contributed by atoms with E-state index in [-0.39, 0.29) is 23.8 Å². The number of nitrogens with zero attached hydrogens (tertiary/aromatic N) is 1. The third-order valence-electron chi connectivity index (χ3n) is 2.84. The second-order valence-corrected chi connectivity index (χ2v) is 4.48. The van der Waals surface area contributed by atoms with E-state index in [1.807, 2.05) is 13.8 Å². The largest absolute Gasteiger partial charge is 0.508 e. The first-order valence-corrected chi connectivity index (χ1v) is 5.78. The maximum Gasteiger partial charge on any atom is 0.277 e. The summed E-state index contributed by atoms with van der Waals surface area (Å²) in [6.45, 7) is 3.59. The lowest BCUT2D eigenvalue weighted by Crippen LogP contribution is -2.17. The van der Waals surface area contributed by atoms with Crippen molar-refractivity contribution in [3.05, 3.63) is 45.9 Å². The Morgan fingerprint density at radius 3 is 2.61 bits per heavy atom. The summed E-state index contributed by atoms with van der Waals surface area (Å²) in [4.78, 5) is 12.1. The van der Waals surface area contributed by atoms with Gasteiger partial charge in [0, 0.05) is 11.8 Å². The summed E-state index contributed by atoms with van der Waals surface area (Å²) in [7, 11) is 0. The lowest BCUT2D eigenvalue weighted by atomic mass is 10.1. The van der Waals surface area contributed by atoms with Gasteiger partial charge in [-0.1, -0.05) is 19.9 Å². The van der Waals surface area contributed by atoms with Crippen molar-refractivity contribution in [2.75, 3.05) is 0 Å². The molecular weight excluding hydrogens is 232 g/mol. The van der Waals surface area contributed by atoms with E-state index in [2.05, 4.69) is 5.10 Å². The smallest absolute Gasteiger partial charge is 0.277 e. The predicted molar refractivity (Wildman–Crippen MR) is 68.1 cm³/mol. The van der Waals surface area contributed by atoms with Gasteiger partial charge in [-0.3, -0.25) is 9.89 Å². The maximum absolute atomic E-state index is 12.1. The maximum atomic E-state index is 12.1. The molecule has 0 bridgehead atoms. The molecule has 96 valence electrons. The Morgan fingerprint density at radius 2 is 2.11 bits per heavy atom. The van der Waals surface area contributed by atoms with Gasteiger partial charge in [0.15, 0.2) is 0 Å². The van der Waals surface area contributed by atoms with E-state index >= 15 is 0 Å². The molecule has 3 N–H and O–H groups in total. The van der Waals surface area contributed by atoms with Crippen LogP contribution in [0.1, 0.15) is 31.0 Å². The average molecular weight is 248 g/mol. The molecule has 0 amide bonds. The molecule has 1 aromatic carbocycles. The van der Waals surface area contributed by atoms with Crippen LogP contribution >= 0.6 is 0 Å². The van der Waals surface area contributed by atoms with Gasteiger partial charge >= 0.3 is 0 Å². The second-order valence-electron chi connectivity index (χ2n) is 4.48. The zero-order valence-electron chi connectivity index (χ0n) is 10.3. The van der Waals surface area contributed by atoms with Crippen molar-refractivity contribution < 1.29 is 10.2 Å². The minimum Gasteiger partial charge on any atom is -0.508 e. The number of nitrogens with one attached hydrogen (secondary N) is 1. The van der Waals surface area contributed by atoms with Gasteiger partial charge in [-0.05, 0) is 18.1 Å². The lowest BCUT2D eigenvalue weighted by molar-refractivity contribution is 0.279. The van der Waals surface area contributed by atoms with E-state index in [0.29, 0.717) is 16.9 Å². The van der Waals surface area contributed by atoms with Gasteiger partial charge in [0.25, 0.3) is 5.56 Å². The molecule has 5 nitrogen and oxygen atoms in total. The minimum absolute atomic E-state index is 0.0886. The third-order valence-corrected chi connectivity index (χ3v) is 2.84. The van der Waals surface area contributed by atoms with Crippen LogP contribution in [0.2, 0.25) is 0 Å². The molecule has 0 aliphatic carbocycles. The summed E-state index contributed by atoms with van der Waals surface area (Å²) in [6.07, 6.45) is 0. The molecule has 1 aromatic heterocycles. The Kier molecular flexibility index (Phi) is 3.25. The van der Waals surface area contributed by atoms with E-state index < -0.39 is 0 Å². The molecule has 1 heterocycles. The fourth-order valence-corrected chi connectivity index (χ4v) is 1.93. The fraction of sp³-hybridized carbons (Fsp3) is 0.308. The normalized spacial score (nSPS) is 11.1. The molecule has 0 unspecified atom stereocenters. The van der Waals surface area contributed by atoms with Crippen LogP contribution in [-0.2, 0) is 6.61 Å². The summed E-state index contributed by atoms with van der Waals surface area (Å²) in [5, 5.41) is 21.7. The molecule has 0 radical (unpaired) electrons. The van der Waals surface area contributed by atoms with E-state index in [0.717, 1.165) is 0 Å². The van der Waals surface area contributed by atoms with Gasteiger partial charge in [0.1, 0.15) is 5.75 Å². The van der Waals surface area contributed by atoms with Gasteiger partial charge in [-0.25, -0.2) is 4.68 Å². The lowest BCUT2D eigenvalue weighted by Gasteiger charge is -2.04. The van der Waals surface area contributed by atoms with Crippen molar-refractivity contribution in [2.45, 2.75) is 26.4 Å². The standard InChI is InChI=1S/C13H16N2O3/c1-8(2)12-11(7-16)13(18)15(14-12)9-4-3-5-10(17)6-9/h3-6,8,14,16-17H,7H2,1-2H3. The molecule has 2 rings (SSSR count). The predicted octanol–water partition coefficient (Wildman–Crippen LogP) is 1.49. The Hall–Kier alpha value is -2.01. The van der Waals surface area contributed by atoms with Crippen molar-refractivity contribution in [3.8, 4) is 11.4 Å². The van der Waals surface area contributed by atoms with Gasteiger partial charge in [-0.15, -0.1) is 0 Å². The Balaban J connectivity index is 2.63. The van der Waals surface area contributed by atoms with E-state index in [9.17, 15) is 15.0 Å². The van der Waals surface area contributed by atoms with Gasteiger partial charge in [-0.2, -0.15) is 0 Å². The highest BCUT2D eigenvalue weighted by atomic mass is 16.3. The number of hydrogen-bond donors (Lipinski definition) is 3. The summed E-state index contributed by atoms with van der Waals surface area (Å²) >= 11 is 0. The van der Waals surface area contributed by atoms with E-state index in [1.165, 1.54) is 16.8 Å². The topological polar surface area (TPSA) is 78.2 Å². The zero-order valence-corrected chi connectivity index (χ0v) is 10.3. The summed E-state index contributed by atoms with van der Waals surface area (Å²) < 4.78 is 1.33. The quantitative estimate of drug-likeness (QED) is 0.770. The molecule has 0 saturated heterocycles. The van der Waals surface area contributed by atoms with E-state index in [4.69, 9.17) is 0 Å². The number of aliphatic hydroxyl groups is 1. The number of aromatic nitrogens is 2. The number of aromatic amines is 1. The van der Waals surface area contributed by atoms with Crippen LogP contribution in [0.3, 0.4) is 0 Å². The van der Waals surface area contributed by atoms with Crippen molar-refractivity contribution in [2.24, 2.45) is 0 Å². The molecule has 18 heavy (non-hydrogen) atoms. The Bertz CT molecular complexity index is 611. The third kappa shape index (κ3) is 2.04. The van der Waals surface area contributed by atoms with Crippen LogP contribution in [0.5, 0.6) is 5.75 Å². The number of phenolic OH excluding ortho intramolecular Hbond substituents is 1. The number of aromatic hydroxyl groups is 1. The molecule has 0 spiro atoms. The molecule has 2 aromatic rings. The van der Waals surface area contributed by atoms with Crippen LogP contribution in [-0.4, -0.2) is 20.0 Å². The van der Waals surface area contributed by atoms with Gasteiger partial charge < -0.3 is 10.2 Å². The number of hydrogen-bond acceptors (Lipinski definition) is 3. The summed E-state index contributed by atoms with van der Waals surface area (Å²) in [6, 6.07) is 6.39.